The van der Waals surface area contributed by atoms with Crippen LogP contribution in [0.5, 0.6) is 0 Å². The zero-order valence-corrected chi connectivity index (χ0v) is 12.9. The van der Waals surface area contributed by atoms with Gasteiger partial charge in [-0.05, 0) is 0 Å². The molecule has 0 nitrogen and oxygen atoms in total. The number of hydrogen-bond acceptors (Lipinski definition) is 0. The van der Waals surface area contributed by atoms with Gasteiger partial charge in [0.2, 0.25) is 0 Å². The Morgan fingerprint density at radius 3 is 1.35 bits per heavy atom. The summed E-state index contributed by atoms with van der Waals surface area (Å²) in [6.07, 6.45) is 19.3. The van der Waals surface area contributed by atoms with E-state index in [9.17, 15) is 0 Å². The summed E-state index contributed by atoms with van der Waals surface area (Å²) < 4.78 is 0. The van der Waals surface area contributed by atoms with Crippen LogP contribution in [-0.4, -0.2) is 0 Å². The standard InChI is InChI=1S/2C7H9.2FH.Zr/c2*1-2-7-5-3-4-6-7;;;/h2*3,5H,2,4H2,1H3;2*1H;/q2*-1;;;+2. The Balaban J connectivity index is -0.000000196. The maximum Gasteiger partial charge on any atom is 2.00 e. The summed E-state index contributed by atoms with van der Waals surface area (Å²) >= 11 is 0. The molecule has 0 N–H and O–H groups in total. The quantitative estimate of drug-likeness (QED) is 0.659. The van der Waals surface area contributed by atoms with Crippen molar-refractivity contribution in [2.75, 3.05) is 0 Å². The summed E-state index contributed by atoms with van der Waals surface area (Å²) in [6.45, 7) is 4.30. The van der Waals surface area contributed by atoms with Gasteiger partial charge in [-0.15, -0.1) is 12.8 Å². The van der Waals surface area contributed by atoms with Gasteiger partial charge in [-0.2, -0.15) is 12.2 Å². The first kappa shape index (κ1) is 21.9. The summed E-state index contributed by atoms with van der Waals surface area (Å²) in [6, 6.07) is 0. The molecule has 0 fully saturated rings. The molecule has 0 bridgehead atoms. The van der Waals surface area contributed by atoms with Gasteiger partial charge in [-0.3, -0.25) is 21.6 Å². The number of halogens is 2. The van der Waals surface area contributed by atoms with E-state index in [1.54, 1.807) is 0 Å². The first-order valence-electron chi connectivity index (χ1n) is 5.39. The van der Waals surface area contributed by atoms with E-state index < -0.39 is 0 Å². The first-order valence-corrected chi connectivity index (χ1v) is 5.39. The second-order valence-corrected chi connectivity index (χ2v) is 3.32. The summed E-state index contributed by atoms with van der Waals surface area (Å²) in [4.78, 5) is 0. The van der Waals surface area contributed by atoms with Crippen LogP contribution < -0.4 is 0 Å². The molecule has 0 amide bonds. The van der Waals surface area contributed by atoms with Crippen LogP contribution in [0.2, 0.25) is 0 Å². The molecule has 3 heteroatoms. The Morgan fingerprint density at radius 1 is 0.882 bits per heavy atom. The normalized spacial score (nSPS) is 14.5. The Labute approximate surface area is 122 Å². The van der Waals surface area contributed by atoms with E-state index in [2.05, 4.69) is 50.3 Å². The van der Waals surface area contributed by atoms with Crippen molar-refractivity contribution >= 4 is 0 Å². The molecule has 0 aliphatic heterocycles. The van der Waals surface area contributed by atoms with Gasteiger partial charge in [0.15, 0.2) is 0 Å². The SMILES string of the molecule is CCC1=[C-]CC=C1.CCC1=[C-]CC=C1.F.F.[Zr+2]. The van der Waals surface area contributed by atoms with Crippen LogP contribution in [0.4, 0.5) is 9.41 Å². The fraction of sp³-hybridized carbons (Fsp3) is 0.429. The largest absolute Gasteiger partial charge is 2.00 e. The molecule has 0 spiro atoms. The van der Waals surface area contributed by atoms with E-state index in [-0.39, 0.29) is 35.6 Å². The topological polar surface area (TPSA) is 0 Å². The molecule has 0 saturated heterocycles. The summed E-state index contributed by atoms with van der Waals surface area (Å²) in [7, 11) is 0. The van der Waals surface area contributed by atoms with Gasteiger partial charge >= 0.3 is 26.2 Å². The van der Waals surface area contributed by atoms with Crippen LogP contribution in [0.1, 0.15) is 39.5 Å². The second kappa shape index (κ2) is 13.8. The molecule has 0 heterocycles. The predicted molar refractivity (Wildman–Crippen MR) is 66.6 cm³/mol. The number of rotatable bonds is 2. The van der Waals surface area contributed by atoms with Crippen LogP contribution in [-0.2, 0) is 26.2 Å². The maximum atomic E-state index is 3.21. The zero-order chi connectivity index (χ0) is 10.2. The van der Waals surface area contributed by atoms with Gasteiger partial charge in [-0.25, -0.2) is 23.3 Å². The van der Waals surface area contributed by atoms with E-state index >= 15 is 0 Å². The van der Waals surface area contributed by atoms with Gasteiger partial charge in [-0.1, -0.05) is 26.7 Å². The van der Waals surface area contributed by atoms with Gasteiger partial charge in [0, 0.05) is 0 Å². The molecular formula is C14H20F2Zr. The Kier molecular flexibility index (Phi) is 17.8. The molecule has 0 atom stereocenters. The van der Waals surface area contributed by atoms with Gasteiger partial charge in [0.05, 0.1) is 0 Å². The molecule has 2 rings (SSSR count). The minimum absolute atomic E-state index is 0. The van der Waals surface area contributed by atoms with E-state index in [0.717, 1.165) is 25.7 Å². The van der Waals surface area contributed by atoms with Crippen molar-refractivity contribution < 1.29 is 35.6 Å². The van der Waals surface area contributed by atoms with Crippen LogP contribution >= 0.6 is 0 Å². The monoisotopic (exact) mass is 316 g/mol. The first-order chi connectivity index (χ1) is 6.86. The van der Waals surface area contributed by atoms with Crippen molar-refractivity contribution in [3.8, 4) is 0 Å². The maximum absolute atomic E-state index is 3.21. The van der Waals surface area contributed by atoms with Crippen molar-refractivity contribution in [2.24, 2.45) is 0 Å². The van der Waals surface area contributed by atoms with Crippen LogP contribution in [0.25, 0.3) is 0 Å². The van der Waals surface area contributed by atoms with E-state index in [1.807, 2.05) is 0 Å². The number of hydrogen-bond donors (Lipinski definition) is 0. The summed E-state index contributed by atoms with van der Waals surface area (Å²) in [5.74, 6) is 0. The van der Waals surface area contributed by atoms with Crippen molar-refractivity contribution in [1.82, 2.24) is 0 Å². The average molecular weight is 318 g/mol. The molecule has 0 radical (unpaired) electrons. The minimum Gasteiger partial charge on any atom is -0.270 e. The second-order valence-electron chi connectivity index (χ2n) is 3.32. The third-order valence-electron chi connectivity index (χ3n) is 2.29. The molecule has 0 aromatic rings. The van der Waals surface area contributed by atoms with Crippen molar-refractivity contribution in [3.05, 3.63) is 47.6 Å². The molecule has 0 aromatic heterocycles. The summed E-state index contributed by atoms with van der Waals surface area (Å²) in [5, 5.41) is 0. The molecule has 2 aliphatic rings. The van der Waals surface area contributed by atoms with Crippen molar-refractivity contribution in [3.63, 3.8) is 0 Å². The molecule has 17 heavy (non-hydrogen) atoms. The zero-order valence-electron chi connectivity index (χ0n) is 10.5. The minimum atomic E-state index is 0. The Morgan fingerprint density at radius 2 is 1.24 bits per heavy atom. The van der Waals surface area contributed by atoms with Gasteiger partial charge < -0.3 is 0 Å². The average Bonchev–Trinajstić information content (AvgIpc) is 2.92. The van der Waals surface area contributed by atoms with Crippen LogP contribution in [0.15, 0.2) is 35.5 Å². The van der Waals surface area contributed by atoms with Crippen molar-refractivity contribution in [1.29, 1.82) is 0 Å². The Hall–Kier alpha value is -0.297. The number of allylic oxidation sites excluding steroid dienone is 8. The van der Waals surface area contributed by atoms with E-state index in [1.165, 1.54) is 11.1 Å². The molecular weight excluding hydrogens is 297 g/mol. The van der Waals surface area contributed by atoms with Crippen LogP contribution in [0.3, 0.4) is 0 Å². The molecule has 0 aromatic carbocycles. The van der Waals surface area contributed by atoms with Crippen LogP contribution in [0, 0.1) is 12.2 Å². The van der Waals surface area contributed by atoms with Gasteiger partial charge in [0.1, 0.15) is 0 Å². The molecule has 0 unspecified atom stereocenters. The Bertz CT molecular complexity index is 259. The third-order valence-corrected chi connectivity index (χ3v) is 2.29. The smallest absolute Gasteiger partial charge is 0.270 e. The predicted octanol–water partition coefficient (Wildman–Crippen LogP) is 4.47. The fourth-order valence-electron chi connectivity index (χ4n) is 1.39. The van der Waals surface area contributed by atoms with Crippen molar-refractivity contribution in [2.45, 2.75) is 39.5 Å². The molecule has 0 saturated carbocycles. The van der Waals surface area contributed by atoms with E-state index in [0.29, 0.717) is 0 Å². The third kappa shape index (κ3) is 9.41. The molecule has 2 aliphatic carbocycles. The summed E-state index contributed by atoms with van der Waals surface area (Å²) in [5.41, 5.74) is 2.72. The van der Waals surface area contributed by atoms with E-state index in [4.69, 9.17) is 0 Å². The van der Waals surface area contributed by atoms with Gasteiger partial charge in [0.25, 0.3) is 0 Å². The molecule has 94 valence electrons. The fourth-order valence-corrected chi connectivity index (χ4v) is 1.39.